The van der Waals surface area contributed by atoms with Crippen LogP contribution in [-0.2, 0) is 13.0 Å². The third-order valence-electron chi connectivity index (χ3n) is 3.22. The highest BCUT2D eigenvalue weighted by molar-refractivity contribution is 5.35. The smallest absolute Gasteiger partial charge is 0.120 e. The van der Waals surface area contributed by atoms with Crippen molar-refractivity contribution < 1.29 is 5.11 Å². The van der Waals surface area contributed by atoms with Crippen LogP contribution in [0.2, 0.25) is 0 Å². The van der Waals surface area contributed by atoms with Gasteiger partial charge < -0.3 is 10.4 Å². The summed E-state index contributed by atoms with van der Waals surface area (Å²) in [5.41, 5.74) is 4.78. The predicted molar refractivity (Wildman–Crippen MR) is 79.4 cm³/mol. The summed E-state index contributed by atoms with van der Waals surface area (Å²) in [5, 5.41) is 13.1. The van der Waals surface area contributed by atoms with Gasteiger partial charge in [0.1, 0.15) is 5.75 Å². The molecule has 0 bridgehead atoms. The fraction of sp³-hybridized carbons (Fsp3) is 0.294. The molecule has 0 spiro atoms. The summed E-state index contributed by atoms with van der Waals surface area (Å²) in [7, 11) is 0. The monoisotopic (exact) mass is 255 g/mol. The zero-order chi connectivity index (χ0) is 13.7. The van der Waals surface area contributed by atoms with Crippen LogP contribution < -0.4 is 5.32 Å². The normalized spacial score (nSPS) is 10.6. The first kappa shape index (κ1) is 13.6. The standard InChI is InChI=1S/C17H21NO/c1-13-4-3-5-15(10-13)8-9-18-12-16-11-14(2)6-7-17(16)19/h3-7,10-11,18-19H,8-9,12H2,1-2H3. The topological polar surface area (TPSA) is 32.3 Å². The van der Waals surface area contributed by atoms with Crippen LogP contribution in [0.25, 0.3) is 0 Å². The van der Waals surface area contributed by atoms with Crippen molar-refractivity contribution >= 4 is 0 Å². The van der Waals surface area contributed by atoms with E-state index in [4.69, 9.17) is 0 Å². The molecule has 0 unspecified atom stereocenters. The summed E-state index contributed by atoms with van der Waals surface area (Å²) in [6.07, 6.45) is 1.01. The van der Waals surface area contributed by atoms with Gasteiger partial charge in [0, 0.05) is 12.1 Å². The Balaban J connectivity index is 1.82. The van der Waals surface area contributed by atoms with Crippen molar-refractivity contribution in [2.45, 2.75) is 26.8 Å². The average molecular weight is 255 g/mol. The van der Waals surface area contributed by atoms with Crippen molar-refractivity contribution in [3.05, 3.63) is 64.7 Å². The summed E-state index contributed by atoms with van der Waals surface area (Å²) < 4.78 is 0. The van der Waals surface area contributed by atoms with Crippen molar-refractivity contribution in [3.8, 4) is 5.75 Å². The lowest BCUT2D eigenvalue weighted by molar-refractivity contribution is 0.464. The predicted octanol–water partition coefficient (Wildman–Crippen LogP) is 3.34. The van der Waals surface area contributed by atoms with Gasteiger partial charge in [0.15, 0.2) is 0 Å². The molecule has 2 N–H and O–H groups in total. The van der Waals surface area contributed by atoms with E-state index in [-0.39, 0.29) is 0 Å². The lowest BCUT2D eigenvalue weighted by Gasteiger charge is -2.08. The van der Waals surface area contributed by atoms with E-state index in [0.29, 0.717) is 12.3 Å². The van der Waals surface area contributed by atoms with E-state index in [1.54, 1.807) is 6.07 Å². The molecular weight excluding hydrogens is 234 g/mol. The van der Waals surface area contributed by atoms with Crippen molar-refractivity contribution in [1.29, 1.82) is 0 Å². The van der Waals surface area contributed by atoms with Gasteiger partial charge in [0.2, 0.25) is 0 Å². The van der Waals surface area contributed by atoms with E-state index in [2.05, 4.69) is 36.5 Å². The quantitative estimate of drug-likeness (QED) is 0.803. The molecule has 0 saturated carbocycles. The van der Waals surface area contributed by atoms with Gasteiger partial charge in [-0.15, -0.1) is 0 Å². The van der Waals surface area contributed by atoms with Gasteiger partial charge in [0.25, 0.3) is 0 Å². The first-order valence-electron chi connectivity index (χ1n) is 6.70. The molecule has 0 heterocycles. The van der Waals surface area contributed by atoms with Gasteiger partial charge in [-0.2, -0.15) is 0 Å². The minimum absolute atomic E-state index is 0.369. The third-order valence-corrected chi connectivity index (χ3v) is 3.22. The van der Waals surface area contributed by atoms with E-state index in [1.165, 1.54) is 16.7 Å². The Bertz CT molecular complexity index is 549. The number of phenols is 1. The molecule has 2 nitrogen and oxygen atoms in total. The Morgan fingerprint density at radius 1 is 1.00 bits per heavy atom. The first-order chi connectivity index (χ1) is 9.15. The minimum atomic E-state index is 0.369. The highest BCUT2D eigenvalue weighted by atomic mass is 16.3. The van der Waals surface area contributed by atoms with Gasteiger partial charge in [-0.1, -0.05) is 47.5 Å². The van der Waals surface area contributed by atoms with E-state index in [1.807, 2.05) is 19.1 Å². The lowest BCUT2D eigenvalue weighted by Crippen LogP contribution is -2.16. The molecule has 19 heavy (non-hydrogen) atoms. The van der Waals surface area contributed by atoms with E-state index in [0.717, 1.165) is 18.5 Å². The van der Waals surface area contributed by atoms with Crippen LogP contribution >= 0.6 is 0 Å². The van der Waals surface area contributed by atoms with Gasteiger partial charge in [-0.05, 0) is 38.4 Å². The number of phenolic OH excluding ortho intramolecular Hbond substituents is 1. The summed E-state index contributed by atoms with van der Waals surface area (Å²) in [6.45, 7) is 5.77. The fourth-order valence-electron chi connectivity index (χ4n) is 2.18. The Morgan fingerprint density at radius 3 is 2.58 bits per heavy atom. The Labute approximate surface area is 115 Å². The molecule has 2 aromatic rings. The van der Waals surface area contributed by atoms with E-state index >= 15 is 0 Å². The SMILES string of the molecule is Cc1cccc(CCNCc2cc(C)ccc2O)c1. The molecule has 2 aromatic carbocycles. The van der Waals surface area contributed by atoms with Crippen molar-refractivity contribution in [2.24, 2.45) is 0 Å². The zero-order valence-corrected chi connectivity index (χ0v) is 11.6. The molecule has 0 atom stereocenters. The van der Waals surface area contributed by atoms with Gasteiger partial charge in [-0.3, -0.25) is 0 Å². The van der Waals surface area contributed by atoms with Gasteiger partial charge in [-0.25, -0.2) is 0 Å². The summed E-state index contributed by atoms with van der Waals surface area (Å²) in [5.74, 6) is 0.369. The van der Waals surface area contributed by atoms with E-state index < -0.39 is 0 Å². The average Bonchev–Trinajstić information content (AvgIpc) is 2.39. The van der Waals surface area contributed by atoms with Crippen molar-refractivity contribution in [1.82, 2.24) is 5.32 Å². The Hall–Kier alpha value is -1.80. The fourth-order valence-corrected chi connectivity index (χ4v) is 2.18. The second kappa shape index (κ2) is 6.39. The summed E-state index contributed by atoms with van der Waals surface area (Å²) >= 11 is 0. The second-order valence-corrected chi connectivity index (χ2v) is 5.05. The van der Waals surface area contributed by atoms with Crippen LogP contribution in [-0.4, -0.2) is 11.7 Å². The Morgan fingerprint density at radius 2 is 1.79 bits per heavy atom. The number of benzene rings is 2. The second-order valence-electron chi connectivity index (χ2n) is 5.05. The van der Waals surface area contributed by atoms with Crippen molar-refractivity contribution in [2.75, 3.05) is 6.54 Å². The third kappa shape index (κ3) is 4.11. The number of rotatable bonds is 5. The number of aryl methyl sites for hydroxylation is 2. The molecular formula is C17H21NO. The summed E-state index contributed by atoms with van der Waals surface area (Å²) in [6, 6.07) is 14.3. The number of hydrogen-bond donors (Lipinski definition) is 2. The largest absolute Gasteiger partial charge is 0.508 e. The molecule has 0 aliphatic rings. The first-order valence-corrected chi connectivity index (χ1v) is 6.70. The van der Waals surface area contributed by atoms with Crippen LogP contribution in [0.5, 0.6) is 5.75 Å². The molecule has 0 amide bonds. The number of nitrogens with one attached hydrogen (secondary N) is 1. The van der Waals surface area contributed by atoms with E-state index in [9.17, 15) is 5.11 Å². The van der Waals surface area contributed by atoms with Crippen LogP contribution in [0.4, 0.5) is 0 Å². The highest BCUT2D eigenvalue weighted by Gasteiger charge is 2.00. The minimum Gasteiger partial charge on any atom is -0.508 e. The molecule has 0 radical (unpaired) electrons. The molecule has 0 saturated heterocycles. The molecule has 100 valence electrons. The molecule has 0 aromatic heterocycles. The van der Waals surface area contributed by atoms with Gasteiger partial charge >= 0.3 is 0 Å². The van der Waals surface area contributed by atoms with Crippen LogP contribution in [0.15, 0.2) is 42.5 Å². The lowest BCUT2D eigenvalue weighted by atomic mass is 10.1. The number of hydrogen-bond acceptors (Lipinski definition) is 2. The van der Waals surface area contributed by atoms with Gasteiger partial charge in [0.05, 0.1) is 0 Å². The highest BCUT2D eigenvalue weighted by Crippen LogP contribution is 2.17. The number of aromatic hydroxyl groups is 1. The van der Waals surface area contributed by atoms with Crippen LogP contribution in [0.1, 0.15) is 22.3 Å². The molecule has 2 heteroatoms. The maximum absolute atomic E-state index is 9.75. The summed E-state index contributed by atoms with van der Waals surface area (Å²) in [4.78, 5) is 0. The molecule has 0 aliphatic carbocycles. The van der Waals surface area contributed by atoms with Crippen LogP contribution in [0.3, 0.4) is 0 Å². The maximum atomic E-state index is 9.75. The molecule has 0 fully saturated rings. The maximum Gasteiger partial charge on any atom is 0.120 e. The zero-order valence-electron chi connectivity index (χ0n) is 11.6. The Kier molecular flexibility index (Phi) is 4.58. The van der Waals surface area contributed by atoms with Crippen LogP contribution in [0, 0.1) is 13.8 Å². The molecule has 2 rings (SSSR count). The molecule has 0 aliphatic heterocycles. The van der Waals surface area contributed by atoms with Crippen molar-refractivity contribution in [3.63, 3.8) is 0 Å².